The number of nitrogens with two attached hydrogens (primary N) is 1. The lowest BCUT2D eigenvalue weighted by atomic mass is 10.1. The van der Waals surface area contributed by atoms with Crippen LogP contribution >= 0.6 is 12.2 Å². The van der Waals surface area contributed by atoms with Gasteiger partial charge in [-0.15, -0.1) is 0 Å². The normalized spacial score (nSPS) is 19.2. The zero-order valence-corrected chi connectivity index (χ0v) is 19.3. The zero-order valence-electron chi connectivity index (χ0n) is 18.5. The zero-order chi connectivity index (χ0) is 24.7. The lowest BCUT2D eigenvalue weighted by Crippen LogP contribution is -2.31. The second kappa shape index (κ2) is 15.3. The number of ether oxygens (including phenoxy) is 1. The minimum Gasteiger partial charge on any atom is -0.491 e. The summed E-state index contributed by atoms with van der Waals surface area (Å²) in [5, 5.41) is 15.9. The van der Waals surface area contributed by atoms with Crippen molar-refractivity contribution < 1.29 is 28.1 Å². The summed E-state index contributed by atoms with van der Waals surface area (Å²) in [6.45, 7) is 2.12. The van der Waals surface area contributed by atoms with Gasteiger partial charge in [0.05, 0.1) is 18.7 Å². The fourth-order valence-electron chi connectivity index (χ4n) is 2.81. The van der Waals surface area contributed by atoms with Crippen molar-refractivity contribution in [3.05, 3.63) is 71.5 Å². The van der Waals surface area contributed by atoms with Gasteiger partial charge in [-0.25, -0.2) is 4.99 Å². The molecule has 4 N–H and O–H groups in total. The predicted molar refractivity (Wildman–Crippen MR) is 128 cm³/mol. The Labute approximate surface area is 197 Å². The van der Waals surface area contributed by atoms with Crippen molar-refractivity contribution in [3.63, 3.8) is 0 Å². The van der Waals surface area contributed by atoms with E-state index in [1.807, 2.05) is 30.4 Å². The van der Waals surface area contributed by atoms with Crippen LogP contribution in [0, 0.1) is 0 Å². The lowest BCUT2D eigenvalue weighted by Gasteiger charge is -2.20. The summed E-state index contributed by atoms with van der Waals surface area (Å²) in [5.74, 6) is 0.773. The van der Waals surface area contributed by atoms with Crippen molar-refractivity contribution in [2.24, 2.45) is 10.7 Å². The van der Waals surface area contributed by atoms with Crippen LogP contribution in [-0.2, 0) is 10.9 Å². The predicted octanol–water partition coefficient (Wildman–Crippen LogP) is 3.45. The highest BCUT2D eigenvalue weighted by Crippen LogP contribution is 2.29. The van der Waals surface area contributed by atoms with Gasteiger partial charge in [0.2, 0.25) is 0 Å². The SMILES string of the molecule is CO.NC(=NC(=S)CN1CC/C=C/C=C(OCCO)\C=C\CC1)c1ccc(C(F)(F)F)cc1. The molecule has 1 heterocycles. The van der Waals surface area contributed by atoms with E-state index < -0.39 is 11.7 Å². The fourth-order valence-corrected chi connectivity index (χ4v) is 3.09. The first-order valence-corrected chi connectivity index (χ1v) is 10.7. The molecule has 33 heavy (non-hydrogen) atoms. The molecule has 0 radical (unpaired) electrons. The van der Waals surface area contributed by atoms with Crippen molar-refractivity contribution in [2.75, 3.05) is 40.0 Å². The van der Waals surface area contributed by atoms with Crippen molar-refractivity contribution in [1.29, 1.82) is 0 Å². The molecule has 0 amide bonds. The van der Waals surface area contributed by atoms with Crippen LogP contribution in [0.3, 0.4) is 0 Å². The summed E-state index contributed by atoms with van der Waals surface area (Å²) < 4.78 is 43.5. The third kappa shape index (κ3) is 11.2. The van der Waals surface area contributed by atoms with Crippen molar-refractivity contribution in [3.8, 4) is 0 Å². The topological polar surface area (TPSA) is 91.3 Å². The molecule has 0 aliphatic carbocycles. The first kappa shape index (κ1) is 28.5. The first-order chi connectivity index (χ1) is 15.8. The molecule has 0 spiro atoms. The molecule has 0 fully saturated rings. The van der Waals surface area contributed by atoms with E-state index in [0.717, 1.165) is 45.2 Å². The van der Waals surface area contributed by atoms with Gasteiger partial charge in [-0.2, -0.15) is 13.2 Å². The smallest absolute Gasteiger partial charge is 0.416 e. The van der Waals surface area contributed by atoms with Gasteiger partial charge >= 0.3 is 6.18 Å². The number of hydrogen-bond donors (Lipinski definition) is 3. The number of allylic oxidation sites excluding steroid dienone is 3. The highest BCUT2D eigenvalue weighted by Gasteiger charge is 2.30. The molecule has 0 saturated carbocycles. The Morgan fingerprint density at radius 2 is 1.79 bits per heavy atom. The minimum absolute atomic E-state index is 0.0454. The van der Waals surface area contributed by atoms with E-state index in [4.69, 9.17) is 32.9 Å². The van der Waals surface area contributed by atoms with Gasteiger partial charge in [-0.3, -0.25) is 4.90 Å². The Hall–Kier alpha value is -2.53. The number of hydrogen-bond acceptors (Lipinski definition) is 5. The average Bonchev–Trinajstić information content (AvgIpc) is 2.84. The van der Waals surface area contributed by atoms with Crippen LogP contribution in [0.1, 0.15) is 24.0 Å². The Balaban J connectivity index is 0.00000265. The number of aliphatic hydroxyl groups is 2. The van der Waals surface area contributed by atoms with Gasteiger partial charge in [-0.1, -0.05) is 42.6 Å². The van der Waals surface area contributed by atoms with E-state index >= 15 is 0 Å². The second-order valence-corrected chi connectivity index (χ2v) is 7.26. The number of aliphatic hydroxyl groups excluding tert-OH is 2. The van der Waals surface area contributed by atoms with E-state index in [9.17, 15) is 13.2 Å². The molecule has 182 valence electrons. The van der Waals surface area contributed by atoms with E-state index in [2.05, 4.69) is 9.89 Å². The molecule has 1 aliphatic rings. The van der Waals surface area contributed by atoms with E-state index in [1.165, 1.54) is 12.1 Å². The number of alkyl halides is 3. The van der Waals surface area contributed by atoms with Crippen LogP contribution in [0.5, 0.6) is 0 Å². The van der Waals surface area contributed by atoms with Gasteiger partial charge < -0.3 is 20.7 Å². The third-order valence-electron chi connectivity index (χ3n) is 4.37. The summed E-state index contributed by atoms with van der Waals surface area (Å²) in [5.41, 5.74) is 5.59. The van der Waals surface area contributed by atoms with E-state index in [0.29, 0.717) is 22.9 Å². The molecular weight excluding hydrogens is 455 g/mol. The maximum atomic E-state index is 12.7. The number of thiocarbonyl (C=S) groups is 1. The number of amidine groups is 1. The van der Waals surface area contributed by atoms with Gasteiger partial charge in [0.1, 0.15) is 23.2 Å². The summed E-state index contributed by atoms with van der Waals surface area (Å²) in [7, 11) is 1.00. The molecule has 0 bridgehead atoms. The Morgan fingerprint density at radius 3 is 2.39 bits per heavy atom. The Bertz CT molecular complexity index is 851. The van der Waals surface area contributed by atoms with Gasteiger partial charge in [-0.05, 0) is 37.1 Å². The molecule has 6 nitrogen and oxygen atoms in total. The monoisotopic (exact) mass is 485 g/mol. The molecule has 2 rings (SSSR count). The highest BCUT2D eigenvalue weighted by atomic mass is 32.1. The maximum absolute atomic E-state index is 12.7. The molecule has 1 aliphatic heterocycles. The summed E-state index contributed by atoms with van der Waals surface area (Å²) >= 11 is 5.35. The largest absolute Gasteiger partial charge is 0.491 e. The number of halogens is 3. The average molecular weight is 486 g/mol. The minimum atomic E-state index is -4.40. The van der Waals surface area contributed by atoms with Crippen molar-refractivity contribution >= 4 is 23.0 Å². The lowest BCUT2D eigenvalue weighted by molar-refractivity contribution is -0.137. The van der Waals surface area contributed by atoms with Gasteiger partial charge in [0.25, 0.3) is 0 Å². The van der Waals surface area contributed by atoms with Gasteiger partial charge in [0.15, 0.2) is 0 Å². The van der Waals surface area contributed by atoms with Crippen LogP contribution in [0.15, 0.2) is 65.4 Å². The third-order valence-corrected chi connectivity index (χ3v) is 4.60. The maximum Gasteiger partial charge on any atom is 0.416 e. The summed E-state index contributed by atoms with van der Waals surface area (Å²) in [6, 6.07) is 4.52. The molecule has 0 saturated heterocycles. The second-order valence-electron chi connectivity index (χ2n) is 6.79. The standard InChI is InChI=1S/C22H26F3N3O2S.CH4O/c23-22(24,25)18-10-8-17(9-11-18)21(26)27-20(31)16-28-12-4-1-2-6-19(30-15-14-29)7-3-5-13-28;1-2/h1-3,6-11,29H,4-5,12-16H2,(H2,26,27,31);2H,1H3/b2-1+,7-3+,19-6+;. The first-order valence-electron chi connectivity index (χ1n) is 10.3. The molecular formula is C23H30F3N3O3S. The molecule has 0 unspecified atom stereocenters. The van der Waals surface area contributed by atoms with E-state index in [1.54, 1.807) is 0 Å². The van der Waals surface area contributed by atoms with Crippen LogP contribution in [0.25, 0.3) is 0 Å². The quantitative estimate of drug-likeness (QED) is 0.325. The van der Waals surface area contributed by atoms with Crippen LogP contribution < -0.4 is 5.73 Å². The van der Waals surface area contributed by atoms with Crippen LogP contribution in [0.4, 0.5) is 13.2 Å². The highest BCUT2D eigenvalue weighted by molar-refractivity contribution is 7.80. The molecule has 0 atom stereocenters. The van der Waals surface area contributed by atoms with Crippen molar-refractivity contribution in [2.45, 2.75) is 19.0 Å². The van der Waals surface area contributed by atoms with Crippen LogP contribution in [-0.4, -0.2) is 65.9 Å². The summed E-state index contributed by atoms with van der Waals surface area (Å²) in [4.78, 5) is 6.71. The number of rotatable bonds is 6. The van der Waals surface area contributed by atoms with Crippen LogP contribution in [0.2, 0.25) is 0 Å². The number of aliphatic imine (C=N–C) groups is 1. The molecule has 1 aromatic carbocycles. The fraction of sp³-hybridized carbons (Fsp3) is 0.391. The van der Waals surface area contributed by atoms with Crippen molar-refractivity contribution in [1.82, 2.24) is 4.90 Å². The number of benzene rings is 1. The summed E-state index contributed by atoms with van der Waals surface area (Å²) in [6.07, 6.45) is 6.77. The molecule has 0 aromatic heterocycles. The van der Waals surface area contributed by atoms with E-state index in [-0.39, 0.29) is 19.0 Å². The Kier molecular flexibility index (Phi) is 13.2. The van der Waals surface area contributed by atoms with Gasteiger partial charge in [0, 0.05) is 25.8 Å². The Morgan fingerprint density at radius 1 is 1.15 bits per heavy atom. The molecule has 10 heteroatoms. The number of nitrogens with zero attached hydrogens (tertiary/aromatic N) is 2. The molecule has 1 aromatic rings.